The summed E-state index contributed by atoms with van der Waals surface area (Å²) in [5.74, 6) is 0.166. The molecule has 0 rings (SSSR count). The molecule has 0 aromatic heterocycles. The maximum Gasteiger partial charge on any atom is 0.221 e. The minimum atomic E-state index is 0.166. The van der Waals surface area contributed by atoms with Crippen molar-refractivity contribution in [2.75, 3.05) is 13.1 Å². The molecule has 0 aromatic rings. The first kappa shape index (κ1) is 17.4. The van der Waals surface area contributed by atoms with E-state index in [1.165, 1.54) is 38.5 Å². The fraction of sp³-hybridized carbons (Fsp3) is 0.933. The summed E-state index contributed by atoms with van der Waals surface area (Å²) in [7, 11) is 0. The zero-order valence-electron chi connectivity index (χ0n) is 12.6. The first-order chi connectivity index (χ1) is 8.70. The van der Waals surface area contributed by atoms with E-state index in [1.807, 2.05) is 6.92 Å². The van der Waals surface area contributed by atoms with Crippen LogP contribution in [0.5, 0.6) is 0 Å². The highest BCUT2D eigenvalue weighted by Gasteiger charge is 2.04. The Morgan fingerprint density at radius 3 is 2.33 bits per heavy atom. The molecule has 0 aliphatic rings. The van der Waals surface area contributed by atoms with Gasteiger partial charge < -0.3 is 10.6 Å². The predicted molar refractivity (Wildman–Crippen MR) is 78.8 cm³/mol. The number of rotatable bonds is 12. The third-order valence-corrected chi connectivity index (χ3v) is 3.26. The van der Waals surface area contributed by atoms with Crippen LogP contribution in [0.3, 0.4) is 0 Å². The standard InChI is InChI=1S/C15H32N2O/c1-4-6-7-8-9-10-12-16-13-11-15(18)17-14(3)5-2/h14,16H,4-13H2,1-3H3,(H,17,18). The molecule has 108 valence electrons. The number of unbranched alkanes of at least 4 members (excludes halogenated alkanes) is 5. The van der Waals surface area contributed by atoms with Crippen molar-refractivity contribution in [1.82, 2.24) is 10.6 Å². The van der Waals surface area contributed by atoms with Gasteiger partial charge in [-0.25, -0.2) is 0 Å². The lowest BCUT2D eigenvalue weighted by Gasteiger charge is -2.11. The van der Waals surface area contributed by atoms with Crippen molar-refractivity contribution in [2.24, 2.45) is 0 Å². The van der Waals surface area contributed by atoms with Gasteiger partial charge in [0.2, 0.25) is 5.91 Å². The molecule has 0 radical (unpaired) electrons. The molecule has 3 nitrogen and oxygen atoms in total. The van der Waals surface area contributed by atoms with E-state index >= 15 is 0 Å². The van der Waals surface area contributed by atoms with Gasteiger partial charge in [-0.2, -0.15) is 0 Å². The van der Waals surface area contributed by atoms with Gasteiger partial charge in [-0.1, -0.05) is 46.0 Å². The lowest BCUT2D eigenvalue weighted by Crippen LogP contribution is -2.34. The van der Waals surface area contributed by atoms with Gasteiger partial charge in [0.05, 0.1) is 0 Å². The van der Waals surface area contributed by atoms with E-state index in [1.54, 1.807) is 0 Å². The molecule has 3 heteroatoms. The Morgan fingerprint density at radius 1 is 1.00 bits per heavy atom. The van der Waals surface area contributed by atoms with Crippen LogP contribution in [-0.4, -0.2) is 25.0 Å². The van der Waals surface area contributed by atoms with Crippen LogP contribution in [0.1, 0.15) is 72.1 Å². The summed E-state index contributed by atoms with van der Waals surface area (Å²) in [4.78, 5) is 11.5. The molecule has 18 heavy (non-hydrogen) atoms. The van der Waals surface area contributed by atoms with Crippen LogP contribution in [-0.2, 0) is 4.79 Å². The Labute approximate surface area is 113 Å². The molecule has 1 amide bonds. The quantitative estimate of drug-likeness (QED) is 0.526. The minimum Gasteiger partial charge on any atom is -0.354 e. The van der Waals surface area contributed by atoms with E-state index in [9.17, 15) is 4.79 Å². The number of hydrogen-bond acceptors (Lipinski definition) is 2. The third kappa shape index (κ3) is 11.9. The highest BCUT2D eigenvalue weighted by atomic mass is 16.1. The van der Waals surface area contributed by atoms with E-state index in [2.05, 4.69) is 24.5 Å². The van der Waals surface area contributed by atoms with E-state index < -0.39 is 0 Å². The van der Waals surface area contributed by atoms with Crippen molar-refractivity contribution >= 4 is 5.91 Å². The molecule has 0 bridgehead atoms. The molecule has 2 N–H and O–H groups in total. The van der Waals surface area contributed by atoms with E-state index in [0.717, 1.165) is 19.5 Å². The first-order valence-electron chi connectivity index (χ1n) is 7.70. The molecule has 0 heterocycles. The Bertz CT molecular complexity index is 195. The van der Waals surface area contributed by atoms with Crippen LogP contribution in [0.15, 0.2) is 0 Å². The van der Waals surface area contributed by atoms with Gasteiger partial charge in [-0.05, 0) is 26.3 Å². The Morgan fingerprint density at radius 2 is 1.67 bits per heavy atom. The summed E-state index contributed by atoms with van der Waals surface area (Å²) >= 11 is 0. The van der Waals surface area contributed by atoms with Gasteiger partial charge in [0.1, 0.15) is 0 Å². The zero-order chi connectivity index (χ0) is 13.6. The SMILES string of the molecule is CCCCCCCCNCCC(=O)NC(C)CC. The van der Waals surface area contributed by atoms with E-state index in [4.69, 9.17) is 0 Å². The van der Waals surface area contributed by atoms with Crippen LogP contribution in [0.4, 0.5) is 0 Å². The van der Waals surface area contributed by atoms with Crippen LogP contribution < -0.4 is 10.6 Å². The van der Waals surface area contributed by atoms with Crippen molar-refractivity contribution in [1.29, 1.82) is 0 Å². The number of hydrogen-bond donors (Lipinski definition) is 2. The average molecular weight is 256 g/mol. The molecule has 1 unspecified atom stereocenters. The number of nitrogens with one attached hydrogen (secondary N) is 2. The van der Waals surface area contributed by atoms with Gasteiger partial charge in [0.15, 0.2) is 0 Å². The first-order valence-corrected chi connectivity index (χ1v) is 7.70. The smallest absolute Gasteiger partial charge is 0.221 e. The zero-order valence-corrected chi connectivity index (χ0v) is 12.6. The molecule has 0 aromatic carbocycles. The largest absolute Gasteiger partial charge is 0.354 e. The second-order valence-electron chi connectivity index (χ2n) is 5.14. The topological polar surface area (TPSA) is 41.1 Å². The second-order valence-corrected chi connectivity index (χ2v) is 5.14. The summed E-state index contributed by atoms with van der Waals surface area (Å²) in [6.07, 6.45) is 9.53. The van der Waals surface area contributed by atoms with Gasteiger partial charge >= 0.3 is 0 Å². The molecule has 0 aliphatic carbocycles. The molecule has 1 atom stereocenters. The van der Waals surface area contributed by atoms with Crippen LogP contribution >= 0.6 is 0 Å². The fourth-order valence-corrected chi connectivity index (χ4v) is 1.81. The van der Waals surface area contributed by atoms with Crippen molar-refractivity contribution in [2.45, 2.75) is 78.2 Å². The average Bonchev–Trinajstić information content (AvgIpc) is 2.36. The summed E-state index contributed by atoms with van der Waals surface area (Å²) in [6, 6.07) is 0.302. The molecule has 0 spiro atoms. The fourth-order valence-electron chi connectivity index (χ4n) is 1.81. The van der Waals surface area contributed by atoms with Crippen LogP contribution in [0.25, 0.3) is 0 Å². The Hall–Kier alpha value is -0.570. The van der Waals surface area contributed by atoms with Crippen molar-refractivity contribution < 1.29 is 4.79 Å². The van der Waals surface area contributed by atoms with E-state index in [-0.39, 0.29) is 5.91 Å². The lowest BCUT2D eigenvalue weighted by molar-refractivity contribution is -0.121. The summed E-state index contributed by atoms with van der Waals surface area (Å²) in [6.45, 7) is 8.22. The normalized spacial score (nSPS) is 12.4. The molecular weight excluding hydrogens is 224 g/mol. The molecule has 0 saturated carbocycles. The highest BCUT2D eigenvalue weighted by Crippen LogP contribution is 2.03. The second kappa shape index (κ2) is 12.9. The summed E-state index contributed by atoms with van der Waals surface area (Å²) < 4.78 is 0. The molecule has 0 saturated heterocycles. The van der Waals surface area contributed by atoms with Gasteiger partial charge in [-0.3, -0.25) is 4.79 Å². The minimum absolute atomic E-state index is 0.166. The van der Waals surface area contributed by atoms with Gasteiger partial charge in [0, 0.05) is 19.0 Å². The predicted octanol–water partition coefficient (Wildman–Crippen LogP) is 3.24. The van der Waals surface area contributed by atoms with Gasteiger partial charge in [0.25, 0.3) is 0 Å². The maximum absolute atomic E-state index is 11.5. The van der Waals surface area contributed by atoms with Gasteiger partial charge in [-0.15, -0.1) is 0 Å². The van der Waals surface area contributed by atoms with Crippen molar-refractivity contribution in [3.63, 3.8) is 0 Å². The monoisotopic (exact) mass is 256 g/mol. The molecular formula is C15H32N2O. The summed E-state index contributed by atoms with van der Waals surface area (Å²) in [5, 5.41) is 6.31. The van der Waals surface area contributed by atoms with E-state index in [0.29, 0.717) is 12.5 Å². The Balaban J connectivity index is 3.17. The Kier molecular flexibility index (Phi) is 12.5. The third-order valence-electron chi connectivity index (χ3n) is 3.26. The number of amides is 1. The lowest BCUT2D eigenvalue weighted by atomic mass is 10.1. The summed E-state index contributed by atoms with van der Waals surface area (Å²) in [5.41, 5.74) is 0. The van der Waals surface area contributed by atoms with Crippen LogP contribution in [0, 0.1) is 0 Å². The number of carbonyl (C=O) groups is 1. The number of carbonyl (C=O) groups excluding carboxylic acids is 1. The van der Waals surface area contributed by atoms with Crippen LogP contribution in [0.2, 0.25) is 0 Å². The molecule has 0 fully saturated rings. The van der Waals surface area contributed by atoms with Crippen molar-refractivity contribution in [3.05, 3.63) is 0 Å². The van der Waals surface area contributed by atoms with Crippen molar-refractivity contribution in [3.8, 4) is 0 Å². The maximum atomic E-state index is 11.5. The highest BCUT2D eigenvalue weighted by molar-refractivity contribution is 5.76. The molecule has 0 aliphatic heterocycles.